The van der Waals surface area contributed by atoms with Gasteiger partial charge in [0.05, 0.1) is 6.20 Å². The van der Waals surface area contributed by atoms with E-state index in [1.165, 1.54) is 25.5 Å². The first-order chi connectivity index (χ1) is 13.8. The molecule has 0 amide bonds. The van der Waals surface area contributed by atoms with Crippen molar-refractivity contribution in [3.8, 4) is 11.3 Å². The number of rotatable bonds is 6. The zero-order chi connectivity index (χ0) is 21.0. The molecule has 4 unspecified atom stereocenters. The van der Waals surface area contributed by atoms with Gasteiger partial charge in [0, 0.05) is 26.3 Å². The fraction of sp³-hybridized carbons (Fsp3) is 0.421. The minimum atomic E-state index is -0.998. The Morgan fingerprint density at radius 3 is 2.28 bits per heavy atom. The molecule has 29 heavy (non-hydrogen) atoms. The van der Waals surface area contributed by atoms with Gasteiger partial charge in [-0.15, -0.1) is 5.10 Å². The average molecular weight is 403 g/mol. The van der Waals surface area contributed by atoms with Gasteiger partial charge in [-0.3, -0.25) is 14.4 Å². The molecule has 0 saturated carbocycles. The number of aromatic nitrogens is 3. The van der Waals surface area contributed by atoms with Crippen LogP contribution in [-0.2, 0) is 33.3 Å². The predicted octanol–water partition coefficient (Wildman–Crippen LogP) is 1.27. The highest BCUT2D eigenvalue weighted by Crippen LogP contribution is 2.34. The summed E-state index contributed by atoms with van der Waals surface area (Å²) in [7, 11) is 0. The first kappa shape index (κ1) is 20.5. The Bertz CT molecular complexity index is 883. The molecule has 4 atom stereocenters. The van der Waals surface area contributed by atoms with Crippen molar-refractivity contribution in [2.45, 2.75) is 45.3 Å². The normalized spacial score (nSPS) is 23.4. The zero-order valence-corrected chi connectivity index (χ0v) is 16.2. The van der Waals surface area contributed by atoms with E-state index in [9.17, 15) is 14.4 Å². The number of hydrogen-bond acceptors (Lipinski definition) is 9. The lowest BCUT2D eigenvalue weighted by atomic mass is 10.1. The number of nitrogens with zero attached hydrogens (tertiary/aromatic N) is 3. The van der Waals surface area contributed by atoms with Crippen LogP contribution < -0.4 is 0 Å². The maximum Gasteiger partial charge on any atom is 0.303 e. The maximum absolute atomic E-state index is 11.7. The minimum Gasteiger partial charge on any atom is -0.463 e. The molecule has 1 aromatic heterocycles. The Morgan fingerprint density at radius 2 is 1.66 bits per heavy atom. The van der Waals surface area contributed by atoms with Gasteiger partial charge in [-0.2, -0.15) is 0 Å². The second-order valence-electron chi connectivity index (χ2n) is 6.47. The van der Waals surface area contributed by atoms with Crippen molar-refractivity contribution >= 4 is 17.9 Å². The van der Waals surface area contributed by atoms with Crippen LogP contribution in [0.25, 0.3) is 11.3 Å². The van der Waals surface area contributed by atoms with Crippen molar-refractivity contribution in [2.75, 3.05) is 6.61 Å². The van der Waals surface area contributed by atoms with Gasteiger partial charge >= 0.3 is 17.9 Å². The van der Waals surface area contributed by atoms with Gasteiger partial charge in [0.25, 0.3) is 0 Å². The lowest BCUT2D eigenvalue weighted by Gasteiger charge is -2.23. The van der Waals surface area contributed by atoms with Gasteiger partial charge in [-0.25, -0.2) is 4.68 Å². The number of carbonyl (C=O) groups excluding carboxylic acids is 3. The molecule has 10 heteroatoms. The molecule has 3 rings (SSSR count). The summed E-state index contributed by atoms with van der Waals surface area (Å²) >= 11 is 0. The second kappa shape index (κ2) is 8.82. The number of carbonyl (C=O) groups is 3. The van der Waals surface area contributed by atoms with E-state index in [0.717, 1.165) is 5.56 Å². The lowest BCUT2D eigenvalue weighted by Crippen LogP contribution is -2.40. The highest BCUT2D eigenvalue weighted by molar-refractivity contribution is 5.68. The topological polar surface area (TPSA) is 119 Å². The summed E-state index contributed by atoms with van der Waals surface area (Å²) in [4.78, 5) is 34.4. The van der Waals surface area contributed by atoms with Crippen molar-refractivity contribution < 1.29 is 33.3 Å². The van der Waals surface area contributed by atoms with Crippen molar-refractivity contribution in [3.05, 3.63) is 36.5 Å². The third kappa shape index (κ3) is 4.96. The van der Waals surface area contributed by atoms with Crippen LogP contribution in [-0.4, -0.2) is 57.8 Å². The molecule has 1 saturated heterocycles. The second-order valence-corrected chi connectivity index (χ2v) is 6.47. The summed E-state index contributed by atoms with van der Waals surface area (Å²) in [6.45, 7) is 3.53. The molecule has 2 aromatic rings. The van der Waals surface area contributed by atoms with E-state index in [0.29, 0.717) is 5.69 Å². The van der Waals surface area contributed by atoms with Crippen LogP contribution in [0.15, 0.2) is 36.5 Å². The highest BCUT2D eigenvalue weighted by Gasteiger charge is 2.51. The van der Waals surface area contributed by atoms with Crippen LogP contribution in [0, 0.1) is 0 Å². The Balaban J connectivity index is 1.90. The van der Waals surface area contributed by atoms with Gasteiger partial charge in [0.1, 0.15) is 18.4 Å². The summed E-state index contributed by atoms with van der Waals surface area (Å²) in [5.41, 5.74) is 1.43. The van der Waals surface area contributed by atoms with Gasteiger partial charge in [0.15, 0.2) is 18.4 Å². The molecule has 1 aliphatic heterocycles. The Morgan fingerprint density at radius 1 is 1.00 bits per heavy atom. The molecular formula is C19H21N3O7. The molecule has 0 N–H and O–H groups in total. The first-order valence-electron chi connectivity index (χ1n) is 8.95. The van der Waals surface area contributed by atoms with E-state index in [4.69, 9.17) is 18.9 Å². The zero-order valence-electron chi connectivity index (χ0n) is 16.2. The molecule has 0 bridgehead atoms. The van der Waals surface area contributed by atoms with E-state index >= 15 is 0 Å². The molecular weight excluding hydrogens is 382 g/mol. The average Bonchev–Trinajstić information content (AvgIpc) is 3.26. The van der Waals surface area contributed by atoms with Crippen LogP contribution in [0.2, 0.25) is 0 Å². The molecule has 1 fully saturated rings. The summed E-state index contributed by atoms with van der Waals surface area (Å²) in [6, 6.07) is 9.37. The molecule has 0 aliphatic carbocycles. The van der Waals surface area contributed by atoms with E-state index < -0.39 is 42.4 Å². The summed E-state index contributed by atoms with van der Waals surface area (Å²) < 4.78 is 23.0. The van der Waals surface area contributed by atoms with Gasteiger partial charge in [-0.05, 0) is 0 Å². The predicted molar refractivity (Wildman–Crippen MR) is 97.1 cm³/mol. The Hall–Kier alpha value is -3.27. The third-order valence-electron chi connectivity index (χ3n) is 4.18. The molecule has 2 heterocycles. The fourth-order valence-electron chi connectivity index (χ4n) is 3.05. The molecule has 10 nitrogen and oxygen atoms in total. The fourth-order valence-corrected chi connectivity index (χ4v) is 3.05. The van der Waals surface area contributed by atoms with Crippen LogP contribution >= 0.6 is 0 Å². The SMILES string of the molecule is CC(=O)OCC1OC(n2cc(-c3ccccc3)nn2)C(OC(C)=O)C1OC(C)=O. The van der Waals surface area contributed by atoms with Crippen LogP contribution in [0.1, 0.15) is 27.0 Å². The Kier molecular flexibility index (Phi) is 6.23. The van der Waals surface area contributed by atoms with E-state index in [1.54, 1.807) is 6.20 Å². The minimum absolute atomic E-state index is 0.179. The number of esters is 3. The maximum atomic E-state index is 11.7. The van der Waals surface area contributed by atoms with E-state index in [1.807, 2.05) is 30.3 Å². The van der Waals surface area contributed by atoms with Crippen molar-refractivity contribution in [3.63, 3.8) is 0 Å². The molecule has 0 spiro atoms. The smallest absolute Gasteiger partial charge is 0.303 e. The third-order valence-corrected chi connectivity index (χ3v) is 4.18. The van der Waals surface area contributed by atoms with Crippen molar-refractivity contribution in [1.82, 2.24) is 15.0 Å². The molecule has 1 aromatic carbocycles. The summed E-state index contributed by atoms with van der Waals surface area (Å²) in [5, 5.41) is 8.21. The van der Waals surface area contributed by atoms with Crippen molar-refractivity contribution in [1.29, 1.82) is 0 Å². The van der Waals surface area contributed by atoms with E-state index in [2.05, 4.69) is 10.3 Å². The quantitative estimate of drug-likeness (QED) is 0.519. The van der Waals surface area contributed by atoms with E-state index in [-0.39, 0.29) is 6.61 Å². The van der Waals surface area contributed by atoms with Crippen molar-refractivity contribution in [2.24, 2.45) is 0 Å². The lowest BCUT2D eigenvalue weighted by molar-refractivity contribution is -0.166. The first-order valence-corrected chi connectivity index (χ1v) is 8.95. The number of hydrogen-bond donors (Lipinski definition) is 0. The van der Waals surface area contributed by atoms with Gasteiger partial charge < -0.3 is 18.9 Å². The number of benzene rings is 1. The monoisotopic (exact) mass is 403 g/mol. The van der Waals surface area contributed by atoms with Gasteiger partial charge in [-0.1, -0.05) is 35.5 Å². The molecule has 154 valence electrons. The number of ether oxygens (including phenoxy) is 4. The summed E-state index contributed by atoms with van der Waals surface area (Å²) in [5.74, 6) is -1.69. The van der Waals surface area contributed by atoms with Crippen LogP contribution in [0.4, 0.5) is 0 Å². The largest absolute Gasteiger partial charge is 0.463 e. The standard InChI is InChI=1S/C19H21N3O7/c1-11(23)26-10-16-17(27-12(2)24)18(28-13(3)25)19(29-16)22-9-15(20-21-22)14-7-5-4-6-8-14/h4-9,16-19H,10H2,1-3H3. The van der Waals surface area contributed by atoms with Crippen LogP contribution in [0.5, 0.6) is 0 Å². The van der Waals surface area contributed by atoms with Gasteiger partial charge in [0.2, 0.25) is 0 Å². The van der Waals surface area contributed by atoms with Crippen LogP contribution in [0.3, 0.4) is 0 Å². The Labute approximate surface area is 166 Å². The highest BCUT2D eigenvalue weighted by atomic mass is 16.7. The molecule has 0 radical (unpaired) electrons. The summed E-state index contributed by atoms with van der Waals surface area (Å²) in [6.07, 6.45) is -2.11. The molecule has 1 aliphatic rings.